The van der Waals surface area contributed by atoms with Crippen molar-refractivity contribution in [3.05, 3.63) is 40.4 Å². The second-order valence-electron chi connectivity index (χ2n) is 6.22. The highest BCUT2D eigenvalue weighted by atomic mass is 32.1. The van der Waals surface area contributed by atoms with E-state index in [-0.39, 0.29) is 11.8 Å². The minimum Gasteiger partial charge on any atom is -0.359 e. The largest absolute Gasteiger partial charge is 0.359 e. The summed E-state index contributed by atoms with van der Waals surface area (Å²) in [5, 5.41) is 9.64. The number of carbonyl (C=O) groups is 2. The number of nitrogens with zero attached hydrogens (tertiary/aromatic N) is 1. The molecule has 0 spiro atoms. The molecule has 3 N–H and O–H groups in total. The van der Waals surface area contributed by atoms with E-state index in [9.17, 15) is 9.59 Å². The number of thiazole rings is 1. The van der Waals surface area contributed by atoms with Crippen molar-refractivity contribution in [2.24, 2.45) is 0 Å². The van der Waals surface area contributed by atoms with E-state index >= 15 is 0 Å². The summed E-state index contributed by atoms with van der Waals surface area (Å²) >= 11 is 1.35. The van der Waals surface area contributed by atoms with Gasteiger partial charge in [-0.15, -0.1) is 0 Å². The number of amides is 2. The molecule has 0 aliphatic heterocycles. The summed E-state index contributed by atoms with van der Waals surface area (Å²) in [7, 11) is 1.58. The van der Waals surface area contributed by atoms with Gasteiger partial charge >= 0.3 is 0 Å². The summed E-state index contributed by atoms with van der Waals surface area (Å²) in [5.41, 5.74) is 2.04. The first-order chi connectivity index (χ1) is 12.1. The molecule has 3 rings (SSSR count). The lowest BCUT2D eigenvalue weighted by atomic mass is 10.1. The normalized spacial score (nSPS) is 14.3. The van der Waals surface area contributed by atoms with Crippen molar-refractivity contribution in [2.75, 3.05) is 17.7 Å². The molecule has 25 heavy (non-hydrogen) atoms. The molecule has 0 radical (unpaired) electrons. The molecule has 1 aliphatic carbocycles. The van der Waals surface area contributed by atoms with Crippen LogP contribution in [0.3, 0.4) is 0 Å². The Morgan fingerprint density at radius 2 is 1.96 bits per heavy atom. The maximum Gasteiger partial charge on any atom is 0.267 e. The van der Waals surface area contributed by atoms with Crippen molar-refractivity contribution in [1.29, 1.82) is 0 Å². The molecule has 0 unspecified atom stereocenters. The van der Waals surface area contributed by atoms with Crippen LogP contribution >= 0.6 is 11.3 Å². The number of hydrogen-bond acceptors (Lipinski definition) is 5. The first-order valence-corrected chi connectivity index (χ1v) is 9.25. The molecule has 1 fully saturated rings. The zero-order chi connectivity index (χ0) is 17.8. The van der Waals surface area contributed by atoms with Gasteiger partial charge in [0, 0.05) is 24.3 Å². The average Bonchev–Trinajstić information content (AvgIpc) is 3.28. The quantitative estimate of drug-likeness (QED) is 0.765. The minimum atomic E-state index is -0.214. The number of aromatic nitrogens is 1. The highest BCUT2D eigenvalue weighted by Gasteiger charge is 2.18. The Morgan fingerprint density at radius 3 is 2.68 bits per heavy atom. The van der Waals surface area contributed by atoms with E-state index in [0.29, 0.717) is 22.2 Å². The molecule has 1 aromatic carbocycles. The van der Waals surface area contributed by atoms with Crippen LogP contribution in [0.5, 0.6) is 0 Å². The van der Waals surface area contributed by atoms with Gasteiger partial charge in [0.25, 0.3) is 11.8 Å². The molecule has 7 heteroatoms. The zero-order valence-corrected chi connectivity index (χ0v) is 15.2. The molecule has 1 heterocycles. The van der Waals surface area contributed by atoms with E-state index in [2.05, 4.69) is 20.9 Å². The van der Waals surface area contributed by atoms with E-state index in [1.54, 1.807) is 25.4 Å². The SMILES string of the molecule is CNC(=O)c1ccc(C)c(NC(=O)c2cnc(NC3CCCC3)s2)c1. The van der Waals surface area contributed by atoms with Crippen LogP contribution in [-0.2, 0) is 0 Å². The summed E-state index contributed by atoms with van der Waals surface area (Å²) in [6, 6.07) is 5.71. The van der Waals surface area contributed by atoms with Crippen LogP contribution in [0.2, 0.25) is 0 Å². The first-order valence-electron chi connectivity index (χ1n) is 8.43. The molecule has 0 atom stereocenters. The Morgan fingerprint density at radius 1 is 1.20 bits per heavy atom. The molecule has 1 aromatic heterocycles. The fourth-order valence-electron chi connectivity index (χ4n) is 2.92. The predicted molar refractivity (Wildman–Crippen MR) is 101 cm³/mol. The van der Waals surface area contributed by atoms with Gasteiger partial charge in [-0.05, 0) is 37.5 Å². The number of carbonyl (C=O) groups excluding carboxylic acids is 2. The topological polar surface area (TPSA) is 83.1 Å². The predicted octanol–water partition coefficient (Wildman–Crippen LogP) is 3.42. The minimum absolute atomic E-state index is 0.184. The Bertz CT molecular complexity index is 781. The lowest BCUT2D eigenvalue weighted by Gasteiger charge is -2.10. The zero-order valence-electron chi connectivity index (χ0n) is 14.4. The van der Waals surface area contributed by atoms with Crippen molar-refractivity contribution in [1.82, 2.24) is 10.3 Å². The summed E-state index contributed by atoms with van der Waals surface area (Å²) in [6.45, 7) is 1.89. The fraction of sp³-hybridized carbons (Fsp3) is 0.389. The Kier molecular flexibility index (Phi) is 5.33. The number of rotatable bonds is 5. The monoisotopic (exact) mass is 358 g/mol. The molecular formula is C18H22N4O2S. The van der Waals surface area contributed by atoms with Gasteiger partial charge in [-0.3, -0.25) is 9.59 Å². The van der Waals surface area contributed by atoms with Crippen molar-refractivity contribution in [3.8, 4) is 0 Å². The number of anilines is 2. The van der Waals surface area contributed by atoms with Crippen LogP contribution in [-0.4, -0.2) is 29.9 Å². The van der Waals surface area contributed by atoms with Crippen LogP contribution in [0, 0.1) is 6.92 Å². The molecule has 2 aromatic rings. The Labute approximate surface area is 151 Å². The van der Waals surface area contributed by atoms with Gasteiger partial charge in [0.2, 0.25) is 0 Å². The van der Waals surface area contributed by atoms with Gasteiger partial charge in [0.05, 0.1) is 6.20 Å². The maximum atomic E-state index is 12.5. The Balaban J connectivity index is 1.69. The third kappa shape index (κ3) is 4.17. The highest BCUT2D eigenvalue weighted by Crippen LogP contribution is 2.26. The van der Waals surface area contributed by atoms with Crippen LogP contribution in [0.25, 0.3) is 0 Å². The smallest absolute Gasteiger partial charge is 0.267 e. The van der Waals surface area contributed by atoms with Gasteiger partial charge in [-0.1, -0.05) is 30.2 Å². The van der Waals surface area contributed by atoms with Gasteiger partial charge < -0.3 is 16.0 Å². The van der Waals surface area contributed by atoms with Crippen molar-refractivity contribution in [3.63, 3.8) is 0 Å². The number of benzene rings is 1. The molecule has 132 valence electrons. The van der Waals surface area contributed by atoms with Crippen LogP contribution in [0.1, 0.15) is 51.3 Å². The fourth-order valence-corrected chi connectivity index (χ4v) is 3.71. The molecule has 1 aliphatic rings. The second kappa shape index (κ2) is 7.65. The molecule has 2 amide bonds. The molecule has 1 saturated carbocycles. The van der Waals surface area contributed by atoms with E-state index in [4.69, 9.17) is 0 Å². The highest BCUT2D eigenvalue weighted by molar-refractivity contribution is 7.17. The number of nitrogens with one attached hydrogen (secondary N) is 3. The Hall–Kier alpha value is -2.41. The molecule has 0 saturated heterocycles. The van der Waals surface area contributed by atoms with Crippen LogP contribution in [0.15, 0.2) is 24.4 Å². The lowest BCUT2D eigenvalue weighted by Crippen LogP contribution is -2.18. The first kappa shape index (κ1) is 17.4. The molecular weight excluding hydrogens is 336 g/mol. The van der Waals surface area contributed by atoms with Crippen molar-refractivity contribution in [2.45, 2.75) is 38.6 Å². The van der Waals surface area contributed by atoms with Crippen LogP contribution in [0.4, 0.5) is 10.8 Å². The second-order valence-corrected chi connectivity index (χ2v) is 7.25. The lowest BCUT2D eigenvalue weighted by molar-refractivity contribution is 0.0961. The third-order valence-corrected chi connectivity index (χ3v) is 5.31. The summed E-state index contributed by atoms with van der Waals surface area (Å²) in [6.07, 6.45) is 6.41. The van der Waals surface area contributed by atoms with Crippen molar-refractivity contribution < 1.29 is 9.59 Å². The van der Waals surface area contributed by atoms with Gasteiger partial charge in [-0.25, -0.2) is 4.98 Å². The van der Waals surface area contributed by atoms with E-state index in [1.165, 1.54) is 24.2 Å². The molecule has 6 nitrogen and oxygen atoms in total. The van der Waals surface area contributed by atoms with Gasteiger partial charge in [0.15, 0.2) is 5.13 Å². The number of hydrogen-bond donors (Lipinski definition) is 3. The van der Waals surface area contributed by atoms with E-state index in [0.717, 1.165) is 23.5 Å². The summed E-state index contributed by atoms with van der Waals surface area (Å²) < 4.78 is 0. The van der Waals surface area contributed by atoms with E-state index in [1.807, 2.05) is 13.0 Å². The third-order valence-electron chi connectivity index (χ3n) is 4.39. The van der Waals surface area contributed by atoms with Gasteiger partial charge in [0.1, 0.15) is 4.88 Å². The maximum absolute atomic E-state index is 12.5. The standard InChI is InChI=1S/C18H22N4O2S/c1-11-7-8-12(16(23)19-2)9-14(11)22-17(24)15-10-20-18(25-15)21-13-5-3-4-6-13/h7-10,13H,3-6H2,1-2H3,(H,19,23)(H,20,21)(H,22,24). The summed E-state index contributed by atoms with van der Waals surface area (Å²) in [5.74, 6) is -0.398. The van der Waals surface area contributed by atoms with Crippen molar-refractivity contribution >= 4 is 34.0 Å². The number of aryl methyl sites for hydroxylation is 1. The van der Waals surface area contributed by atoms with E-state index < -0.39 is 0 Å². The molecule has 0 bridgehead atoms. The average molecular weight is 358 g/mol. The summed E-state index contributed by atoms with van der Waals surface area (Å²) in [4.78, 5) is 29.1. The van der Waals surface area contributed by atoms with Gasteiger partial charge in [-0.2, -0.15) is 0 Å². The van der Waals surface area contributed by atoms with Crippen LogP contribution < -0.4 is 16.0 Å².